The van der Waals surface area contributed by atoms with Crippen LogP contribution in [0.4, 0.5) is 5.69 Å². The molecule has 0 saturated heterocycles. The molecular formula is C25H34BrN3O4S. The van der Waals surface area contributed by atoms with Crippen molar-refractivity contribution in [3.05, 3.63) is 63.6 Å². The zero-order chi connectivity index (χ0) is 25.6. The van der Waals surface area contributed by atoms with Crippen molar-refractivity contribution < 1.29 is 18.0 Å². The van der Waals surface area contributed by atoms with Gasteiger partial charge in [-0.25, -0.2) is 8.42 Å². The van der Waals surface area contributed by atoms with Crippen molar-refractivity contribution in [2.75, 3.05) is 23.7 Å². The molecule has 9 heteroatoms. The first kappa shape index (κ1) is 27.9. The summed E-state index contributed by atoms with van der Waals surface area (Å²) in [6.07, 6.45) is 1.07. The maximum atomic E-state index is 13.5. The Morgan fingerprint density at radius 2 is 1.74 bits per heavy atom. The van der Waals surface area contributed by atoms with E-state index in [9.17, 15) is 18.0 Å². The van der Waals surface area contributed by atoms with Gasteiger partial charge in [0.05, 0.1) is 11.9 Å². The molecule has 0 heterocycles. The van der Waals surface area contributed by atoms with Crippen LogP contribution in [-0.2, 0) is 26.2 Å². The average Bonchev–Trinajstić information content (AvgIpc) is 2.74. The fourth-order valence-corrected chi connectivity index (χ4v) is 4.53. The highest BCUT2D eigenvalue weighted by Gasteiger charge is 2.30. The van der Waals surface area contributed by atoms with Crippen LogP contribution in [0.15, 0.2) is 46.9 Å². The molecule has 7 nitrogen and oxygen atoms in total. The number of anilines is 1. The number of hydrogen-bond acceptors (Lipinski definition) is 4. The second-order valence-electron chi connectivity index (χ2n) is 9.03. The average molecular weight is 553 g/mol. The molecule has 2 aromatic rings. The number of carbonyl (C=O) groups is 2. The van der Waals surface area contributed by atoms with Gasteiger partial charge in [0.2, 0.25) is 21.8 Å². The normalized spacial score (nSPS) is 12.4. The minimum absolute atomic E-state index is 0.188. The molecule has 0 aliphatic rings. The molecule has 0 aliphatic carbocycles. The van der Waals surface area contributed by atoms with E-state index in [-0.39, 0.29) is 18.4 Å². The van der Waals surface area contributed by atoms with Crippen molar-refractivity contribution in [1.82, 2.24) is 10.2 Å². The number of amides is 2. The van der Waals surface area contributed by atoms with E-state index >= 15 is 0 Å². The van der Waals surface area contributed by atoms with Crippen LogP contribution >= 0.6 is 15.9 Å². The first-order chi connectivity index (χ1) is 15.8. The lowest BCUT2D eigenvalue weighted by Crippen LogP contribution is -2.51. The van der Waals surface area contributed by atoms with E-state index in [1.165, 1.54) is 4.90 Å². The predicted molar refractivity (Wildman–Crippen MR) is 140 cm³/mol. The number of benzene rings is 2. The summed E-state index contributed by atoms with van der Waals surface area (Å²) in [5.74, 6) is -0.474. The number of nitrogens with one attached hydrogen (secondary N) is 1. The molecule has 0 fully saturated rings. The van der Waals surface area contributed by atoms with Gasteiger partial charge in [-0.05, 0) is 56.0 Å². The molecule has 2 amide bonds. The fraction of sp³-hybridized carbons (Fsp3) is 0.440. The summed E-state index contributed by atoms with van der Waals surface area (Å²) in [7, 11) is -3.75. The standard InChI is InChI=1S/C25H34BrN3O4S/c1-17(2)14-27-25(31)20(5)28(15-21-9-7-8-18(3)12-21)24(30)16-29(34(6,32)33)22-10-11-23(26)19(4)13-22/h7-13,17,20H,14-16H2,1-6H3,(H,27,31)/t20-/m0/s1. The summed E-state index contributed by atoms with van der Waals surface area (Å²) in [4.78, 5) is 27.8. The molecule has 0 bridgehead atoms. The van der Waals surface area contributed by atoms with Crippen LogP contribution in [0.3, 0.4) is 0 Å². The van der Waals surface area contributed by atoms with Crippen molar-refractivity contribution in [2.45, 2.75) is 47.2 Å². The molecule has 1 N–H and O–H groups in total. The van der Waals surface area contributed by atoms with E-state index in [1.807, 2.05) is 52.0 Å². The lowest BCUT2D eigenvalue weighted by atomic mass is 10.1. The van der Waals surface area contributed by atoms with Gasteiger partial charge < -0.3 is 10.2 Å². The summed E-state index contributed by atoms with van der Waals surface area (Å²) >= 11 is 3.42. The van der Waals surface area contributed by atoms with Crippen molar-refractivity contribution >= 4 is 43.5 Å². The minimum Gasteiger partial charge on any atom is -0.354 e. The first-order valence-electron chi connectivity index (χ1n) is 11.2. The quantitative estimate of drug-likeness (QED) is 0.483. The van der Waals surface area contributed by atoms with Crippen LogP contribution in [0, 0.1) is 19.8 Å². The van der Waals surface area contributed by atoms with Gasteiger partial charge in [-0.1, -0.05) is 59.6 Å². The van der Waals surface area contributed by atoms with Crippen molar-refractivity contribution in [2.24, 2.45) is 5.92 Å². The minimum atomic E-state index is -3.75. The van der Waals surface area contributed by atoms with Crippen LogP contribution in [0.1, 0.15) is 37.5 Å². The third-order valence-electron chi connectivity index (χ3n) is 5.40. The first-order valence-corrected chi connectivity index (χ1v) is 13.8. The molecule has 2 aromatic carbocycles. The molecule has 2 rings (SSSR count). The van der Waals surface area contributed by atoms with Gasteiger partial charge >= 0.3 is 0 Å². The topological polar surface area (TPSA) is 86.8 Å². The Morgan fingerprint density at radius 3 is 2.29 bits per heavy atom. The van der Waals surface area contributed by atoms with Crippen molar-refractivity contribution in [3.63, 3.8) is 0 Å². The number of hydrogen-bond donors (Lipinski definition) is 1. The Kier molecular flexibility index (Phi) is 9.70. The zero-order valence-electron chi connectivity index (χ0n) is 20.6. The van der Waals surface area contributed by atoms with Crippen LogP contribution in [-0.4, -0.2) is 50.5 Å². The van der Waals surface area contributed by atoms with E-state index in [0.717, 1.165) is 31.7 Å². The number of aryl methyl sites for hydroxylation is 2. The summed E-state index contributed by atoms with van der Waals surface area (Å²) < 4.78 is 27.2. The van der Waals surface area contributed by atoms with Crippen LogP contribution in [0.25, 0.3) is 0 Å². The molecule has 0 spiro atoms. The van der Waals surface area contributed by atoms with E-state index in [4.69, 9.17) is 0 Å². The van der Waals surface area contributed by atoms with Gasteiger partial charge in [0.25, 0.3) is 0 Å². The van der Waals surface area contributed by atoms with E-state index in [0.29, 0.717) is 12.2 Å². The molecule has 1 atom stereocenters. The maximum absolute atomic E-state index is 13.5. The van der Waals surface area contributed by atoms with Crippen LogP contribution in [0.5, 0.6) is 0 Å². The van der Waals surface area contributed by atoms with Gasteiger partial charge in [0, 0.05) is 17.6 Å². The Labute approximate surface area is 211 Å². The molecule has 0 aliphatic heterocycles. The summed E-state index contributed by atoms with van der Waals surface area (Å²) in [5.41, 5.74) is 3.13. The number of rotatable bonds is 10. The monoisotopic (exact) mass is 551 g/mol. The highest BCUT2D eigenvalue weighted by Crippen LogP contribution is 2.25. The summed E-state index contributed by atoms with van der Waals surface area (Å²) in [6.45, 7) is 9.72. The highest BCUT2D eigenvalue weighted by atomic mass is 79.9. The Morgan fingerprint density at radius 1 is 1.06 bits per heavy atom. The smallest absolute Gasteiger partial charge is 0.244 e. The number of halogens is 1. The SMILES string of the molecule is Cc1cccc(CN(C(=O)CN(c2ccc(Br)c(C)c2)S(C)(=O)=O)[C@@H](C)C(=O)NCC(C)C)c1. The van der Waals surface area contributed by atoms with Gasteiger partial charge in [-0.2, -0.15) is 0 Å². The number of sulfonamides is 1. The van der Waals surface area contributed by atoms with Gasteiger partial charge in [0.1, 0.15) is 12.6 Å². The molecule has 0 aromatic heterocycles. The third kappa shape index (κ3) is 7.84. The van der Waals surface area contributed by atoms with E-state index in [2.05, 4.69) is 21.2 Å². The Bertz CT molecular complexity index is 1130. The number of carbonyl (C=O) groups excluding carboxylic acids is 2. The van der Waals surface area contributed by atoms with Gasteiger partial charge in [-0.15, -0.1) is 0 Å². The fourth-order valence-electron chi connectivity index (χ4n) is 3.44. The van der Waals surface area contributed by atoms with Crippen molar-refractivity contribution in [1.29, 1.82) is 0 Å². The third-order valence-corrected chi connectivity index (χ3v) is 7.43. The Balaban J connectivity index is 2.39. The largest absolute Gasteiger partial charge is 0.354 e. The lowest BCUT2D eigenvalue weighted by Gasteiger charge is -2.31. The second-order valence-corrected chi connectivity index (χ2v) is 11.8. The second kappa shape index (κ2) is 11.8. The highest BCUT2D eigenvalue weighted by molar-refractivity contribution is 9.10. The molecule has 0 saturated carbocycles. The summed E-state index contributed by atoms with van der Waals surface area (Å²) in [6, 6.07) is 12.0. The van der Waals surface area contributed by atoms with Gasteiger partial charge in [0.15, 0.2) is 0 Å². The molecule has 186 valence electrons. The summed E-state index contributed by atoms with van der Waals surface area (Å²) in [5, 5.41) is 2.87. The predicted octanol–water partition coefficient (Wildman–Crippen LogP) is 4.02. The van der Waals surface area contributed by atoms with E-state index < -0.39 is 28.5 Å². The lowest BCUT2D eigenvalue weighted by molar-refractivity contribution is -0.139. The molecule has 0 radical (unpaired) electrons. The van der Waals surface area contributed by atoms with E-state index in [1.54, 1.807) is 25.1 Å². The van der Waals surface area contributed by atoms with Crippen LogP contribution < -0.4 is 9.62 Å². The molecule has 0 unspecified atom stereocenters. The van der Waals surface area contributed by atoms with Gasteiger partial charge in [-0.3, -0.25) is 13.9 Å². The van der Waals surface area contributed by atoms with Crippen molar-refractivity contribution in [3.8, 4) is 0 Å². The zero-order valence-corrected chi connectivity index (χ0v) is 23.0. The maximum Gasteiger partial charge on any atom is 0.244 e. The molecule has 34 heavy (non-hydrogen) atoms. The molecular weight excluding hydrogens is 518 g/mol. The van der Waals surface area contributed by atoms with Crippen LogP contribution in [0.2, 0.25) is 0 Å². The Hall–Kier alpha value is -2.39. The number of nitrogens with zero attached hydrogens (tertiary/aromatic N) is 2.